The fourth-order valence-corrected chi connectivity index (χ4v) is 3.62. The highest BCUT2D eigenvalue weighted by Gasteiger charge is 2.19. The number of aliphatic imine (C=N–C) groups is 1. The maximum Gasteiger partial charge on any atom is 0.145 e. The number of nitrogens with zero attached hydrogens (tertiary/aromatic N) is 1. The van der Waals surface area contributed by atoms with Gasteiger partial charge in [0.15, 0.2) is 0 Å². The lowest BCUT2D eigenvalue weighted by molar-refractivity contribution is 0.665. The van der Waals surface area contributed by atoms with Crippen molar-refractivity contribution in [3.05, 3.63) is 126 Å². The van der Waals surface area contributed by atoms with E-state index < -0.39 is 0 Å². The lowest BCUT2D eigenvalue weighted by atomic mass is 10.0. The summed E-state index contributed by atoms with van der Waals surface area (Å²) in [7, 11) is 0. The van der Waals surface area contributed by atoms with E-state index in [0.717, 1.165) is 28.1 Å². The molecule has 2 nitrogen and oxygen atoms in total. The maximum atomic E-state index is 5.03. The predicted molar refractivity (Wildman–Crippen MR) is 117 cm³/mol. The molecule has 0 radical (unpaired) electrons. The zero-order valence-corrected chi connectivity index (χ0v) is 15.4. The normalized spacial score (nSPS) is 16.2. The lowest BCUT2D eigenvalue weighted by Gasteiger charge is -2.25. The Kier molecular flexibility index (Phi) is 4.23. The minimum atomic E-state index is -0.125. The van der Waals surface area contributed by atoms with E-state index in [2.05, 4.69) is 102 Å². The van der Waals surface area contributed by atoms with Gasteiger partial charge in [0.1, 0.15) is 6.17 Å². The van der Waals surface area contributed by atoms with Gasteiger partial charge in [-0.25, -0.2) is 0 Å². The molecular weight excluding hydrogens is 340 g/mol. The molecule has 2 heteroatoms. The Labute approximate surface area is 164 Å². The van der Waals surface area contributed by atoms with Crippen LogP contribution >= 0.6 is 0 Å². The average Bonchev–Trinajstić information content (AvgIpc) is 2.79. The predicted octanol–water partition coefficient (Wildman–Crippen LogP) is 5.97. The summed E-state index contributed by atoms with van der Waals surface area (Å²) in [4.78, 5) is 5.03. The van der Waals surface area contributed by atoms with Crippen molar-refractivity contribution in [3.8, 4) is 0 Å². The molecule has 1 heterocycles. The minimum Gasteiger partial charge on any atom is -0.360 e. The number of nitrogens with one attached hydrogen (secondary N) is 1. The van der Waals surface area contributed by atoms with E-state index in [1.807, 2.05) is 12.1 Å². The molecule has 0 bridgehead atoms. The first kappa shape index (κ1) is 16.5. The van der Waals surface area contributed by atoms with Gasteiger partial charge in [-0.2, -0.15) is 0 Å². The van der Waals surface area contributed by atoms with Gasteiger partial charge >= 0.3 is 0 Å². The van der Waals surface area contributed by atoms with E-state index in [4.69, 9.17) is 4.99 Å². The fraction of sp³-hybridized carbons (Fsp3) is 0.0385. The van der Waals surface area contributed by atoms with Crippen molar-refractivity contribution in [2.75, 3.05) is 0 Å². The molecule has 0 amide bonds. The van der Waals surface area contributed by atoms with Crippen molar-refractivity contribution >= 4 is 22.2 Å². The van der Waals surface area contributed by atoms with Gasteiger partial charge in [-0.1, -0.05) is 97.1 Å². The van der Waals surface area contributed by atoms with E-state index >= 15 is 0 Å². The third kappa shape index (κ3) is 3.21. The molecule has 1 aliphatic heterocycles. The van der Waals surface area contributed by atoms with E-state index in [9.17, 15) is 0 Å². The zero-order valence-electron chi connectivity index (χ0n) is 15.4. The van der Waals surface area contributed by atoms with Crippen LogP contribution in [0.1, 0.15) is 22.9 Å². The molecule has 134 valence electrons. The van der Waals surface area contributed by atoms with Crippen LogP contribution in [0.4, 0.5) is 0 Å². The molecule has 5 rings (SSSR count). The number of rotatable bonds is 3. The fourth-order valence-electron chi connectivity index (χ4n) is 3.62. The first-order chi connectivity index (χ1) is 13.9. The quantitative estimate of drug-likeness (QED) is 0.478. The summed E-state index contributed by atoms with van der Waals surface area (Å²) < 4.78 is 0. The number of benzene rings is 4. The van der Waals surface area contributed by atoms with Crippen LogP contribution in [0.5, 0.6) is 0 Å². The monoisotopic (exact) mass is 360 g/mol. The lowest BCUT2D eigenvalue weighted by Crippen LogP contribution is -2.24. The molecule has 28 heavy (non-hydrogen) atoms. The topological polar surface area (TPSA) is 24.4 Å². The van der Waals surface area contributed by atoms with Crippen molar-refractivity contribution in [3.63, 3.8) is 0 Å². The van der Waals surface area contributed by atoms with Gasteiger partial charge in [-0.05, 0) is 39.6 Å². The maximum absolute atomic E-state index is 5.03. The molecule has 4 aromatic carbocycles. The second kappa shape index (κ2) is 7.16. The third-order valence-electron chi connectivity index (χ3n) is 5.09. The van der Waals surface area contributed by atoms with Crippen LogP contribution < -0.4 is 5.32 Å². The van der Waals surface area contributed by atoms with Gasteiger partial charge in [0, 0.05) is 5.70 Å². The van der Waals surface area contributed by atoms with Gasteiger partial charge in [0.25, 0.3) is 0 Å². The highest BCUT2D eigenvalue weighted by atomic mass is 15.1. The van der Waals surface area contributed by atoms with Gasteiger partial charge in [-0.15, -0.1) is 0 Å². The molecule has 0 spiro atoms. The number of hydrogen-bond donors (Lipinski definition) is 1. The average molecular weight is 360 g/mol. The Morgan fingerprint density at radius 3 is 2.00 bits per heavy atom. The Bertz CT molecular complexity index is 1170. The summed E-state index contributed by atoms with van der Waals surface area (Å²) in [6.07, 6.45) is 2.02. The molecule has 0 saturated carbocycles. The molecule has 1 unspecified atom stereocenters. The third-order valence-corrected chi connectivity index (χ3v) is 5.09. The van der Waals surface area contributed by atoms with Gasteiger partial charge in [-0.3, -0.25) is 4.99 Å². The summed E-state index contributed by atoms with van der Waals surface area (Å²) in [5.74, 6) is 0. The summed E-state index contributed by atoms with van der Waals surface area (Å²) >= 11 is 0. The molecule has 1 atom stereocenters. The highest BCUT2D eigenvalue weighted by Crippen LogP contribution is 2.28. The van der Waals surface area contributed by atoms with Crippen LogP contribution in [0, 0.1) is 0 Å². The summed E-state index contributed by atoms with van der Waals surface area (Å²) in [6, 6.07) is 35.8. The smallest absolute Gasteiger partial charge is 0.145 e. The highest BCUT2D eigenvalue weighted by molar-refractivity contribution is 6.13. The Morgan fingerprint density at radius 1 is 0.607 bits per heavy atom. The van der Waals surface area contributed by atoms with Crippen molar-refractivity contribution < 1.29 is 0 Å². The Balaban J connectivity index is 1.61. The van der Waals surface area contributed by atoms with E-state index in [1.54, 1.807) is 0 Å². The molecule has 1 N–H and O–H groups in total. The molecule has 4 aromatic rings. The molecule has 0 aromatic heterocycles. The van der Waals surface area contributed by atoms with Gasteiger partial charge in [0.2, 0.25) is 0 Å². The number of allylic oxidation sites excluding steroid dienone is 1. The van der Waals surface area contributed by atoms with E-state index in [0.29, 0.717) is 0 Å². The van der Waals surface area contributed by atoms with Crippen molar-refractivity contribution in [2.45, 2.75) is 6.17 Å². The first-order valence-corrected chi connectivity index (χ1v) is 9.52. The van der Waals surface area contributed by atoms with Crippen molar-refractivity contribution in [1.82, 2.24) is 5.32 Å². The molecular formula is C26H20N2. The molecule has 0 fully saturated rings. The van der Waals surface area contributed by atoms with Crippen molar-refractivity contribution in [1.29, 1.82) is 0 Å². The van der Waals surface area contributed by atoms with Crippen LogP contribution in [0.25, 0.3) is 16.5 Å². The minimum absolute atomic E-state index is 0.125. The second-order valence-electron chi connectivity index (χ2n) is 6.96. The largest absolute Gasteiger partial charge is 0.360 e. The second-order valence-corrected chi connectivity index (χ2v) is 6.96. The first-order valence-electron chi connectivity index (χ1n) is 9.52. The van der Waals surface area contributed by atoms with Crippen LogP contribution in [0.15, 0.2) is 114 Å². The van der Waals surface area contributed by atoms with Gasteiger partial charge < -0.3 is 5.32 Å². The standard InChI is InChI=1S/C26H20N2/c1-3-10-20(11-4-1)24-18-25(21-12-5-2-6-13-21)28-26(27-24)23-16-15-19-9-7-8-14-22(19)17-23/h1-18,26-27H. The molecule has 0 aliphatic carbocycles. The molecule has 1 aliphatic rings. The Hall–Kier alpha value is -3.65. The van der Waals surface area contributed by atoms with Crippen LogP contribution in [0.3, 0.4) is 0 Å². The van der Waals surface area contributed by atoms with E-state index in [1.165, 1.54) is 10.8 Å². The van der Waals surface area contributed by atoms with E-state index in [-0.39, 0.29) is 6.17 Å². The van der Waals surface area contributed by atoms with Crippen molar-refractivity contribution in [2.24, 2.45) is 4.99 Å². The number of fused-ring (bicyclic) bond motifs is 1. The summed E-state index contributed by atoms with van der Waals surface area (Å²) in [6.45, 7) is 0. The Morgan fingerprint density at radius 2 is 1.25 bits per heavy atom. The SMILES string of the molecule is C1=C(c2ccccc2)NC(c2ccc3ccccc3c2)N=C1c1ccccc1. The van der Waals surface area contributed by atoms with Crippen LogP contribution in [-0.4, -0.2) is 5.71 Å². The van der Waals surface area contributed by atoms with Gasteiger partial charge in [0.05, 0.1) is 5.71 Å². The van der Waals surface area contributed by atoms with Crippen LogP contribution in [-0.2, 0) is 0 Å². The summed E-state index contributed by atoms with van der Waals surface area (Å²) in [5.41, 5.74) is 5.54. The zero-order chi connectivity index (χ0) is 18.8. The number of hydrogen-bond acceptors (Lipinski definition) is 2. The summed E-state index contributed by atoms with van der Waals surface area (Å²) in [5, 5.41) is 6.10. The molecule has 0 saturated heterocycles. The van der Waals surface area contributed by atoms with Crippen LogP contribution in [0.2, 0.25) is 0 Å².